The first-order chi connectivity index (χ1) is 14.3. The zero-order valence-electron chi connectivity index (χ0n) is 17.9. The third kappa shape index (κ3) is 5.74. The van der Waals surface area contributed by atoms with Gasteiger partial charge in [-0.25, -0.2) is 0 Å². The Morgan fingerprint density at radius 1 is 0.793 bits per heavy atom. The van der Waals surface area contributed by atoms with Crippen molar-refractivity contribution < 1.29 is 4.74 Å². The van der Waals surface area contributed by atoms with Crippen LogP contribution in [0.1, 0.15) is 25.7 Å². The minimum absolute atomic E-state index is 0.794. The first-order valence-corrected chi connectivity index (χ1v) is 11.3. The summed E-state index contributed by atoms with van der Waals surface area (Å²) in [4.78, 5) is 7.44. The van der Waals surface area contributed by atoms with Gasteiger partial charge in [0.05, 0.1) is 6.61 Å². The van der Waals surface area contributed by atoms with Crippen molar-refractivity contribution in [2.24, 2.45) is 0 Å². The Labute approximate surface area is 176 Å². The molecule has 0 radical (unpaired) electrons. The van der Waals surface area contributed by atoms with E-state index < -0.39 is 0 Å². The van der Waals surface area contributed by atoms with E-state index in [2.05, 4.69) is 70.3 Å². The first kappa shape index (κ1) is 20.2. The van der Waals surface area contributed by atoms with Gasteiger partial charge in [0.15, 0.2) is 0 Å². The Kier molecular flexibility index (Phi) is 7.07. The average molecular weight is 394 g/mol. The highest BCUT2D eigenvalue weighted by Crippen LogP contribution is 2.27. The Morgan fingerprint density at radius 3 is 2.31 bits per heavy atom. The number of piperazine rings is 1. The number of piperidine rings is 1. The molecule has 4 heteroatoms. The molecule has 0 unspecified atom stereocenters. The summed E-state index contributed by atoms with van der Waals surface area (Å²) in [7, 11) is 2.20. The fourth-order valence-electron chi connectivity index (χ4n) is 4.36. The van der Waals surface area contributed by atoms with E-state index in [1.54, 1.807) is 0 Å². The van der Waals surface area contributed by atoms with E-state index in [9.17, 15) is 0 Å². The van der Waals surface area contributed by atoms with Gasteiger partial charge in [-0.1, -0.05) is 30.7 Å². The number of nitrogens with zero attached hydrogens (tertiary/aromatic N) is 3. The highest BCUT2D eigenvalue weighted by molar-refractivity contribution is 5.67. The molecule has 2 fully saturated rings. The minimum atomic E-state index is 0.794. The fourth-order valence-corrected chi connectivity index (χ4v) is 4.36. The molecule has 0 N–H and O–H groups in total. The summed E-state index contributed by atoms with van der Waals surface area (Å²) in [5.41, 5.74) is 3.80. The number of likely N-dealkylation sites (tertiary alicyclic amines) is 1. The molecular formula is C25H35N3O. The van der Waals surface area contributed by atoms with Crippen molar-refractivity contribution in [1.29, 1.82) is 0 Å². The molecule has 2 aliphatic heterocycles. The minimum Gasteiger partial charge on any atom is -0.494 e. The van der Waals surface area contributed by atoms with Gasteiger partial charge >= 0.3 is 0 Å². The van der Waals surface area contributed by atoms with E-state index in [4.69, 9.17) is 4.74 Å². The number of rotatable bonds is 7. The van der Waals surface area contributed by atoms with Crippen LogP contribution < -0.4 is 9.64 Å². The number of anilines is 1. The van der Waals surface area contributed by atoms with Crippen LogP contribution in [0.15, 0.2) is 48.5 Å². The largest absolute Gasteiger partial charge is 0.494 e. The normalized spacial score (nSPS) is 18.7. The number of hydrogen-bond donors (Lipinski definition) is 0. The molecule has 0 amide bonds. The topological polar surface area (TPSA) is 19.0 Å². The lowest BCUT2D eigenvalue weighted by Gasteiger charge is -2.34. The monoisotopic (exact) mass is 393 g/mol. The zero-order chi connectivity index (χ0) is 19.9. The van der Waals surface area contributed by atoms with Gasteiger partial charge in [0.2, 0.25) is 0 Å². The van der Waals surface area contributed by atoms with E-state index >= 15 is 0 Å². The van der Waals surface area contributed by atoms with E-state index in [1.807, 2.05) is 0 Å². The van der Waals surface area contributed by atoms with E-state index in [0.717, 1.165) is 51.5 Å². The van der Waals surface area contributed by atoms with Crippen LogP contribution in [-0.2, 0) is 0 Å². The Morgan fingerprint density at radius 2 is 1.55 bits per heavy atom. The molecule has 4 nitrogen and oxygen atoms in total. The summed E-state index contributed by atoms with van der Waals surface area (Å²) >= 11 is 0. The maximum Gasteiger partial charge on any atom is 0.119 e. The smallest absolute Gasteiger partial charge is 0.119 e. The summed E-state index contributed by atoms with van der Waals surface area (Å²) < 4.78 is 6.05. The fraction of sp³-hybridized carbons (Fsp3) is 0.520. The Balaban J connectivity index is 1.29. The van der Waals surface area contributed by atoms with Gasteiger partial charge < -0.3 is 19.4 Å². The molecule has 29 heavy (non-hydrogen) atoms. The summed E-state index contributed by atoms with van der Waals surface area (Å²) in [6.07, 6.45) is 5.22. The van der Waals surface area contributed by atoms with Gasteiger partial charge in [0, 0.05) is 38.4 Å². The average Bonchev–Trinajstić information content (AvgIpc) is 2.78. The quantitative estimate of drug-likeness (QED) is 0.651. The zero-order valence-corrected chi connectivity index (χ0v) is 17.9. The van der Waals surface area contributed by atoms with E-state index in [-0.39, 0.29) is 0 Å². The number of benzene rings is 2. The molecule has 0 saturated carbocycles. The van der Waals surface area contributed by atoms with Crippen LogP contribution in [0.5, 0.6) is 5.75 Å². The predicted octanol–water partition coefficient (Wildman–Crippen LogP) is 4.36. The molecule has 0 bridgehead atoms. The highest BCUT2D eigenvalue weighted by Gasteiger charge is 2.14. The van der Waals surface area contributed by atoms with Crippen molar-refractivity contribution in [2.75, 3.05) is 64.4 Å². The SMILES string of the molecule is CN1CCN(c2ccc(-c3cccc(OCCCN4CCCCC4)c3)cc2)CC1. The van der Waals surface area contributed by atoms with Crippen molar-refractivity contribution in [2.45, 2.75) is 25.7 Å². The molecule has 2 heterocycles. The third-order valence-electron chi connectivity index (χ3n) is 6.24. The molecule has 0 aromatic heterocycles. The summed E-state index contributed by atoms with van der Waals surface area (Å²) in [5.74, 6) is 0.976. The van der Waals surface area contributed by atoms with Crippen LogP contribution in [0.4, 0.5) is 5.69 Å². The lowest BCUT2D eigenvalue weighted by Crippen LogP contribution is -2.44. The van der Waals surface area contributed by atoms with Crippen LogP contribution in [0, 0.1) is 0 Å². The van der Waals surface area contributed by atoms with Crippen molar-refractivity contribution >= 4 is 5.69 Å². The van der Waals surface area contributed by atoms with Crippen LogP contribution in [0.25, 0.3) is 11.1 Å². The maximum atomic E-state index is 6.05. The van der Waals surface area contributed by atoms with Gasteiger partial charge in [-0.05, 0) is 74.8 Å². The number of likely N-dealkylation sites (N-methyl/N-ethyl adjacent to an activating group) is 1. The molecule has 0 aliphatic carbocycles. The third-order valence-corrected chi connectivity index (χ3v) is 6.24. The second kappa shape index (κ2) is 10.1. The van der Waals surface area contributed by atoms with Crippen molar-refractivity contribution in [3.63, 3.8) is 0 Å². The van der Waals surface area contributed by atoms with Crippen molar-refractivity contribution in [3.05, 3.63) is 48.5 Å². The molecule has 2 aliphatic rings. The highest BCUT2D eigenvalue weighted by atomic mass is 16.5. The molecule has 4 rings (SSSR count). The lowest BCUT2D eigenvalue weighted by molar-refractivity contribution is 0.205. The molecule has 2 aromatic carbocycles. The van der Waals surface area contributed by atoms with Crippen molar-refractivity contribution in [1.82, 2.24) is 9.80 Å². The maximum absolute atomic E-state index is 6.05. The standard InChI is InChI=1S/C25H35N3O/c1-26-16-18-28(19-17-26)24-11-9-22(10-12-24)23-7-5-8-25(21-23)29-20-6-15-27-13-3-2-4-14-27/h5,7-12,21H,2-4,6,13-20H2,1H3. The lowest BCUT2D eigenvalue weighted by atomic mass is 10.0. The van der Waals surface area contributed by atoms with Gasteiger partial charge in [-0.2, -0.15) is 0 Å². The summed E-state index contributed by atoms with van der Waals surface area (Å²) in [5, 5.41) is 0. The Bertz CT molecular complexity index is 747. The first-order valence-electron chi connectivity index (χ1n) is 11.3. The second-order valence-electron chi connectivity index (χ2n) is 8.47. The van der Waals surface area contributed by atoms with Crippen molar-refractivity contribution in [3.8, 4) is 16.9 Å². The van der Waals surface area contributed by atoms with Crippen LogP contribution >= 0.6 is 0 Å². The summed E-state index contributed by atoms with van der Waals surface area (Å²) in [6, 6.07) is 17.5. The molecule has 2 saturated heterocycles. The van der Waals surface area contributed by atoms with Gasteiger partial charge in [0.25, 0.3) is 0 Å². The predicted molar refractivity (Wildman–Crippen MR) is 122 cm³/mol. The number of hydrogen-bond acceptors (Lipinski definition) is 4. The molecule has 0 spiro atoms. The van der Waals surface area contributed by atoms with Crippen LogP contribution in [0.2, 0.25) is 0 Å². The van der Waals surface area contributed by atoms with Gasteiger partial charge in [-0.3, -0.25) is 0 Å². The molecule has 2 aromatic rings. The second-order valence-corrected chi connectivity index (χ2v) is 8.47. The van der Waals surface area contributed by atoms with Gasteiger partial charge in [-0.15, -0.1) is 0 Å². The van der Waals surface area contributed by atoms with Gasteiger partial charge in [0.1, 0.15) is 5.75 Å². The Hall–Kier alpha value is -2.04. The number of ether oxygens (including phenoxy) is 1. The van der Waals surface area contributed by atoms with E-state index in [1.165, 1.54) is 49.2 Å². The van der Waals surface area contributed by atoms with Crippen LogP contribution in [-0.4, -0.2) is 69.3 Å². The van der Waals surface area contributed by atoms with Crippen LogP contribution in [0.3, 0.4) is 0 Å². The summed E-state index contributed by atoms with van der Waals surface area (Å²) in [6.45, 7) is 8.97. The van der Waals surface area contributed by atoms with E-state index in [0.29, 0.717) is 0 Å². The molecular weight excluding hydrogens is 358 g/mol. The molecule has 0 atom stereocenters. The molecule has 156 valence electrons.